The fraction of sp³-hybridized carbons (Fsp3) is 0.625. The molecule has 0 radical (unpaired) electrons. The maximum Gasteiger partial charge on any atom is 0.0478 e. The van der Waals surface area contributed by atoms with E-state index < -0.39 is 0 Å². The number of nitrogens with one attached hydrogen (secondary N) is 1. The van der Waals surface area contributed by atoms with Crippen molar-refractivity contribution in [1.82, 2.24) is 5.32 Å². The van der Waals surface area contributed by atoms with E-state index in [9.17, 15) is 0 Å². The normalized spacial score (nSPS) is 18.3. The van der Waals surface area contributed by atoms with Gasteiger partial charge in [0, 0.05) is 24.2 Å². The summed E-state index contributed by atoms with van der Waals surface area (Å²) in [5, 5.41) is 3.68. The summed E-state index contributed by atoms with van der Waals surface area (Å²) in [5.74, 6) is 1.22. The molecule has 0 aromatic heterocycles. The molecule has 19 heavy (non-hydrogen) atoms. The molecule has 3 heteroatoms. The molecule has 0 saturated carbocycles. The molecule has 1 N–H and O–H groups in total. The summed E-state index contributed by atoms with van der Waals surface area (Å²) in [7, 11) is 0. The molecule has 1 aliphatic rings. The summed E-state index contributed by atoms with van der Waals surface area (Å²) in [6.45, 7) is 5.05. The third-order valence-corrected chi connectivity index (χ3v) is 4.58. The molecule has 0 fully saturated rings. The molecule has 2 rings (SSSR count). The van der Waals surface area contributed by atoms with Crippen molar-refractivity contribution in [2.45, 2.75) is 43.5 Å². The maximum absolute atomic E-state index is 5.59. The van der Waals surface area contributed by atoms with Crippen molar-refractivity contribution < 1.29 is 4.74 Å². The summed E-state index contributed by atoms with van der Waals surface area (Å²) in [4.78, 5) is 1.45. The first-order chi connectivity index (χ1) is 9.42. The summed E-state index contributed by atoms with van der Waals surface area (Å²) in [6, 6.07) is 9.31. The van der Waals surface area contributed by atoms with Crippen LogP contribution in [0.5, 0.6) is 0 Å². The van der Waals surface area contributed by atoms with E-state index in [1.807, 2.05) is 11.8 Å². The Morgan fingerprint density at radius 2 is 2.11 bits per heavy atom. The number of thioether (sulfide) groups is 1. The van der Waals surface area contributed by atoms with Gasteiger partial charge >= 0.3 is 0 Å². The van der Waals surface area contributed by atoms with Crippen LogP contribution in [-0.4, -0.2) is 25.5 Å². The molecule has 1 heterocycles. The van der Waals surface area contributed by atoms with E-state index >= 15 is 0 Å². The SMILES string of the molecule is CCCCOCCCNC1CCSc2ccccc21. The zero-order valence-corrected chi connectivity index (χ0v) is 12.7. The lowest BCUT2D eigenvalue weighted by Gasteiger charge is -2.26. The lowest BCUT2D eigenvalue weighted by atomic mass is 10.0. The van der Waals surface area contributed by atoms with Gasteiger partial charge in [0.15, 0.2) is 0 Å². The van der Waals surface area contributed by atoms with Crippen LogP contribution in [0.4, 0.5) is 0 Å². The number of rotatable bonds is 8. The summed E-state index contributed by atoms with van der Waals surface area (Å²) in [6.07, 6.45) is 4.74. The van der Waals surface area contributed by atoms with Gasteiger partial charge in [0.05, 0.1) is 0 Å². The van der Waals surface area contributed by atoms with E-state index in [2.05, 4.69) is 36.5 Å². The predicted octanol–water partition coefficient (Wildman–Crippen LogP) is 4.02. The Morgan fingerprint density at radius 1 is 1.26 bits per heavy atom. The lowest BCUT2D eigenvalue weighted by Crippen LogP contribution is -2.26. The highest BCUT2D eigenvalue weighted by Gasteiger charge is 2.19. The van der Waals surface area contributed by atoms with Crippen LogP contribution in [-0.2, 0) is 4.74 Å². The molecule has 0 bridgehead atoms. The number of hydrogen-bond acceptors (Lipinski definition) is 3. The minimum Gasteiger partial charge on any atom is -0.381 e. The van der Waals surface area contributed by atoms with Crippen molar-refractivity contribution in [3.8, 4) is 0 Å². The van der Waals surface area contributed by atoms with Gasteiger partial charge in [-0.25, -0.2) is 0 Å². The second-order valence-corrected chi connectivity index (χ2v) is 6.14. The Bertz CT molecular complexity index is 370. The van der Waals surface area contributed by atoms with Gasteiger partial charge < -0.3 is 10.1 Å². The molecule has 0 amide bonds. The predicted molar refractivity (Wildman–Crippen MR) is 82.9 cm³/mol. The van der Waals surface area contributed by atoms with E-state index in [1.54, 1.807) is 0 Å². The molecule has 1 atom stereocenters. The molecule has 2 nitrogen and oxygen atoms in total. The zero-order chi connectivity index (χ0) is 13.3. The topological polar surface area (TPSA) is 21.3 Å². The largest absolute Gasteiger partial charge is 0.381 e. The van der Waals surface area contributed by atoms with Crippen molar-refractivity contribution in [3.63, 3.8) is 0 Å². The van der Waals surface area contributed by atoms with Crippen molar-refractivity contribution in [3.05, 3.63) is 29.8 Å². The lowest BCUT2D eigenvalue weighted by molar-refractivity contribution is 0.128. The first kappa shape index (κ1) is 14.9. The first-order valence-electron chi connectivity index (χ1n) is 7.44. The van der Waals surface area contributed by atoms with Gasteiger partial charge in [-0.15, -0.1) is 11.8 Å². The summed E-state index contributed by atoms with van der Waals surface area (Å²) in [5.41, 5.74) is 1.48. The average Bonchev–Trinajstić information content (AvgIpc) is 2.46. The molecule has 0 spiro atoms. The zero-order valence-electron chi connectivity index (χ0n) is 11.9. The Kier molecular flexibility index (Phi) is 6.75. The Hall–Kier alpha value is -0.510. The highest BCUT2D eigenvalue weighted by Crippen LogP contribution is 2.35. The maximum atomic E-state index is 5.59. The van der Waals surface area contributed by atoms with Crippen molar-refractivity contribution in [2.24, 2.45) is 0 Å². The van der Waals surface area contributed by atoms with E-state index in [-0.39, 0.29) is 0 Å². The number of fused-ring (bicyclic) bond motifs is 1. The number of unbranched alkanes of at least 4 members (excludes halogenated alkanes) is 1. The third kappa shape index (κ3) is 4.83. The molecule has 1 aliphatic heterocycles. The number of ether oxygens (including phenoxy) is 1. The van der Waals surface area contributed by atoms with Crippen LogP contribution >= 0.6 is 11.8 Å². The summed E-state index contributed by atoms with van der Waals surface area (Å²) < 4.78 is 5.59. The van der Waals surface area contributed by atoms with Gasteiger partial charge in [-0.1, -0.05) is 31.5 Å². The number of hydrogen-bond donors (Lipinski definition) is 1. The van der Waals surface area contributed by atoms with Crippen molar-refractivity contribution in [2.75, 3.05) is 25.5 Å². The Morgan fingerprint density at radius 3 is 3.00 bits per heavy atom. The van der Waals surface area contributed by atoms with E-state index in [0.29, 0.717) is 6.04 Å². The first-order valence-corrected chi connectivity index (χ1v) is 8.43. The Balaban J connectivity index is 1.67. The standard InChI is InChI=1S/C16H25NOS/c1-2-3-11-18-12-6-10-17-15-9-13-19-16-8-5-4-7-14(15)16/h4-5,7-8,15,17H,2-3,6,9-13H2,1H3. The van der Waals surface area contributed by atoms with Crippen LogP contribution in [0.1, 0.15) is 44.2 Å². The van der Waals surface area contributed by atoms with Crippen LogP contribution in [0.2, 0.25) is 0 Å². The van der Waals surface area contributed by atoms with Gasteiger partial charge in [-0.2, -0.15) is 0 Å². The van der Waals surface area contributed by atoms with E-state index in [1.165, 1.54) is 35.5 Å². The molecule has 1 aromatic rings. The van der Waals surface area contributed by atoms with Gasteiger partial charge in [0.25, 0.3) is 0 Å². The van der Waals surface area contributed by atoms with Crippen molar-refractivity contribution in [1.29, 1.82) is 0 Å². The smallest absolute Gasteiger partial charge is 0.0478 e. The van der Waals surface area contributed by atoms with E-state index in [0.717, 1.165) is 26.2 Å². The van der Waals surface area contributed by atoms with Gasteiger partial charge in [0.2, 0.25) is 0 Å². The van der Waals surface area contributed by atoms with Crippen LogP contribution in [0.15, 0.2) is 29.2 Å². The molecular weight excluding hydrogens is 254 g/mol. The molecule has 1 aromatic carbocycles. The molecule has 0 saturated heterocycles. The second kappa shape index (κ2) is 8.62. The quantitative estimate of drug-likeness (QED) is 0.726. The minimum absolute atomic E-state index is 0.535. The fourth-order valence-corrected chi connectivity index (χ4v) is 3.48. The molecular formula is C16H25NOS. The van der Waals surface area contributed by atoms with E-state index in [4.69, 9.17) is 4.74 Å². The number of benzene rings is 1. The van der Waals surface area contributed by atoms with Crippen LogP contribution in [0.3, 0.4) is 0 Å². The molecule has 0 aliphatic carbocycles. The summed E-state index contributed by atoms with van der Waals surface area (Å²) >= 11 is 1.98. The molecule has 1 unspecified atom stereocenters. The minimum atomic E-state index is 0.535. The molecule has 106 valence electrons. The van der Waals surface area contributed by atoms with Crippen LogP contribution in [0, 0.1) is 0 Å². The second-order valence-electron chi connectivity index (χ2n) is 5.00. The highest BCUT2D eigenvalue weighted by atomic mass is 32.2. The average molecular weight is 279 g/mol. The van der Waals surface area contributed by atoms with Gasteiger partial charge in [-0.3, -0.25) is 0 Å². The monoisotopic (exact) mass is 279 g/mol. The van der Waals surface area contributed by atoms with Crippen LogP contribution < -0.4 is 5.32 Å². The highest BCUT2D eigenvalue weighted by molar-refractivity contribution is 7.99. The fourth-order valence-electron chi connectivity index (χ4n) is 2.35. The Labute approximate surface area is 121 Å². The van der Waals surface area contributed by atoms with Crippen molar-refractivity contribution >= 4 is 11.8 Å². The van der Waals surface area contributed by atoms with Gasteiger partial charge in [0.1, 0.15) is 0 Å². The van der Waals surface area contributed by atoms with Crippen LogP contribution in [0.25, 0.3) is 0 Å². The third-order valence-electron chi connectivity index (χ3n) is 3.46. The van der Waals surface area contributed by atoms with Gasteiger partial charge in [-0.05, 0) is 43.2 Å².